The Kier molecular flexibility index (Phi) is 5.12. The maximum atomic E-state index is 5.67. The number of hydrogen-bond donors (Lipinski definition) is 1. The van der Waals surface area contributed by atoms with Gasteiger partial charge in [0.05, 0.1) is 23.7 Å². The van der Waals surface area contributed by atoms with Crippen molar-refractivity contribution in [2.75, 3.05) is 6.61 Å². The average molecular weight is 274 g/mol. The minimum Gasteiger partial charge on any atom is -0.494 e. The second kappa shape index (κ2) is 7.05. The van der Waals surface area contributed by atoms with Crippen molar-refractivity contribution in [3.63, 3.8) is 0 Å². The van der Waals surface area contributed by atoms with Gasteiger partial charge in [0, 0.05) is 6.54 Å². The maximum Gasteiger partial charge on any atom is 0.119 e. The zero-order valence-electron chi connectivity index (χ0n) is 12.2. The van der Waals surface area contributed by atoms with Crippen molar-refractivity contribution >= 4 is 0 Å². The Morgan fingerprint density at radius 3 is 2.55 bits per heavy atom. The van der Waals surface area contributed by atoms with Crippen LogP contribution in [0.1, 0.15) is 38.1 Å². The van der Waals surface area contributed by atoms with Crippen LogP contribution in [0, 0.1) is 0 Å². The van der Waals surface area contributed by atoms with Crippen LogP contribution in [0.5, 0.6) is 5.75 Å². The first-order chi connectivity index (χ1) is 9.80. The summed E-state index contributed by atoms with van der Waals surface area (Å²) in [5, 5.41) is 8.30. The van der Waals surface area contributed by atoms with Crippen LogP contribution in [-0.4, -0.2) is 21.6 Å². The molecule has 2 N–H and O–H groups in total. The van der Waals surface area contributed by atoms with Crippen LogP contribution in [0.15, 0.2) is 24.3 Å². The van der Waals surface area contributed by atoms with Crippen LogP contribution in [-0.2, 0) is 13.0 Å². The highest BCUT2D eigenvalue weighted by molar-refractivity contribution is 5.38. The van der Waals surface area contributed by atoms with E-state index in [1.807, 2.05) is 28.9 Å². The molecule has 0 atom stereocenters. The molecule has 0 bridgehead atoms. The van der Waals surface area contributed by atoms with E-state index in [4.69, 9.17) is 10.5 Å². The van der Waals surface area contributed by atoms with Gasteiger partial charge in [0.25, 0.3) is 0 Å². The summed E-state index contributed by atoms with van der Waals surface area (Å²) in [4.78, 5) is 0. The first-order valence-electron chi connectivity index (χ1n) is 7.16. The molecule has 108 valence electrons. The van der Waals surface area contributed by atoms with E-state index >= 15 is 0 Å². The molecule has 0 aliphatic carbocycles. The fourth-order valence-electron chi connectivity index (χ4n) is 2.07. The highest BCUT2D eigenvalue weighted by atomic mass is 16.5. The number of rotatable bonds is 7. The van der Waals surface area contributed by atoms with Crippen molar-refractivity contribution < 1.29 is 4.74 Å². The molecule has 5 nitrogen and oxygen atoms in total. The summed E-state index contributed by atoms with van der Waals surface area (Å²) in [7, 11) is 0. The second-order valence-corrected chi connectivity index (χ2v) is 4.65. The molecule has 0 saturated heterocycles. The van der Waals surface area contributed by atoms with Gasteiger partial charge in [-0.25, -0.2) is 4.68 Å². The Bertz CT molecular complexity index is 533. The van der Waals surface area contributed by atoms with Gasteiger partial charge in [0.1, 0.15) is 5.75 Å². The molecule has 0 saturated carbocycles. The van der Waals surface area contributed by atoms with Gasteiger partial charge in [0.2, 0.25) is 0 Å². The third kappa shape index (κ3) is 3.17. The summed E-state index contributed by atoms with van der Waals surface area (Å²) in [5.41, 5.74) is 8.58. The monoisotopic (exact) mass is 274 g/mol. The number of hydrogen-bond acceptors (Lipinski definition) is 4. The zero-order valence-corrected chi connectivity index (χ0v) is 12.2. The summed E-state index contributed by atoms with van der Waals surface area (Å²) < 4.78 is 7.50. The molecule has 1 heterocycles. The molecule has 0 unspecified atom stereocenters. The quantitative estimate of drug-likeness (QED) is 0.788. The fourth-order valence-corrected chi connectivity index (χ4v) is 2.07. The van der Waals surface area contributed by atoms with Gasteiger partial charge in [-0.3, -0.25) is 0 Å². The Morgan fingerprint density at radius 2 is 1.95 bits per heavy atom. The fraction of sp³-hybridized carbons (Fsp3) is 0.467. The second-order valence-electron chi connectivity index (χ2n) is 4.65. The van der Waals surface area contributed by atoms with Crippen molar-refractivity contribution in [1.29, 1.82) is 0 Å². The molecule has 0 aliphatic heterocycles. The highest BCUT2D eigenvalue weighted by Crippen LogP contribution is 2.18. The molecule has 5 heteroatoms. The number of aromatic nitrogens is 3. The van der Waals surface area contributed by atoms with Gasteiger partial charge in [-0.1, -0.05) is 25.5 Å². The van der Waals surface area contributed by atoms with Crippen molar-refractivity contribution in [1.82, 2.24) is 15.0 Å². The normalized spacial score (nSPS) is 10.8. The van der Waals surface area contributed by atoms with E-state index in [1.54, 1.807) is 0 Å². The molecule has 2 aromatic rings. The van der Waals surface area contributed by atoms with Gasteiger partial charge in [-0.15, -0.1) is 5.10 Å². The molecular weight excluding hydrogens is 252 g/mol. The summed E-state index contributed by atoms with van der Waals surface area (Å²) in [6.45, 7) is 5.41. The summed E-state index contributed by atoms with van der Waals surface area (Å²) in [5.74, 6) is 0.888. The van der Waals surface area contributed by atoms with Crippen LogP contribution in [0.4, 0.5) is 0 Å². The third-order valence-corrected chi connectivity index (χ3v) is 3.22. The predicted octanol–water partition coefficient (Wildman–Crippen LogP) is 2.47. The minimum atomic E-state index is 0.418. The number of nitrogens with zero attached hydrogens (tertiary/aromatic N) is 3. The SMILES string of the molecule is CCCCOc1ccc(-n2nnc(CN)c2CC)cc1. The van der Waals surface area contributed by atoms with Gasteiger partial charge in [0.15, 0.2) is 0 Å². The van der Waals surface area contributed by atoms with E-state index in [9.17, 15) is 0 Å². The van der Waals surface area contributed by atoms with Crippen LogP contribution < -0.4 is 10.5 Å². The van der Waals surface area contributed by atoms with Crippen molar-refractivity contribution in [2.24, 2.45) is 5.73 Å². The first-order valence-corrected chi connectivity index (χ1v) is 7.16. The van der Waals surface area contributed by atoms with Crippen LogP contribution in [0.2, 0.25) is 0 Å². The molecule has 0 radical (unpaired) electrons. The Labute approximate surface area is 119 Å². The molecule has 0 spiro atoms. The molecule has 1 aromatic heterocycles. The van der Waals surface area contributed by atoms with E-state index in [0.717, 1.165) is 48.7 Å². The van der Waals surface area contributed by atoms with Crippen molar-refractivity contribution in [3.8, 4) is 11.4 Å². The van der Waals surface area contributed by atoms with Gasteiger partial charge in [-0.05, 0) is 37.1 Å². The smallest absolute Gasteiger partial charge is 0.119 e. The van der Waals surface area contributed by atoms with Crippen LogP contribution in [0.3, 0.4) is 0 Å². The minimum absolute atomic E-state index is 0.418. The van der Waals surface area contributed by atoms with Gasteiger partial charge in [-0.2, -0.15) is 0 Å². The largest absolute Gasteiger partial charge is 0.494 e. The summed E-state index contributed by atoms with van der Waals surface area (Å²) in [6, 6.07) is 7.92. The van der Waals surface area contributed by atoms with Crippen molar-refractivity contribution in [3.05, 3.63) is 35.7 Å². The maximum absolute atomic E-state index is 5.67. The molecule has 1 aromatic carbocycles. The average Bonchev–Trinajstić information content (AvgIpc) is 2.91. The Balaban J connectivity index is 2.15. The van der Waals surface area contributed by atoms with Gasteiger partial charge < -0.3 is 10.5 Å². The zero-order chi connectivity index (χ0) is 14.4. The highest BCUT2D eigenvalue weighted by Gasteiger charge is 2.11. The van der Waals surface area contributed by atoms with Crippen LogP contribution in [0.25, 0.3) is 5.69 Å². The van der Waals surface area contributed by atoms with E-state index in [0.29, 0.717) is 6.54 Å². The molecular formula is C15H22N4O. The summed E-state index contributed by atoms with van der Waals surface area (Å²) >= 11 is 0. The van der Waals surface area contributed by atoms with E-state index in [2.05, 4.69) is 24.2 Å². The first kappa shape index (κ1) is 14.5. The number of nitrogens with two attached hydrogens (primary N) is 1. The molecule has 0 aliphatic rings. The lowest BCUT2D eigenvalue weighted by Crippen LogP contribution is -2.05. The molecule has 0 fully saturated rings. The summed E-state index contributed by atoms with van der Waals surface area (Å²) in [6.07, 6.45) is 3.07. The third-order valence-electron chi connectivity index (χ3n) is 3.22. The lowest BCUT2D eigenvalue weighted by molar-refractivity contribution is 0.309. The van der Waals surface area contributed by atoms with Crippen molar-refractivity contribution in [2.45, 2.75) is 39.7 Å². The number of unbranched alkanes of at least 4 members (excludes halogenated alkanes) is 1. The number of ether oxygens (including phenoxy) is 1. The van der Waals surface area contributed by atoms with Crippen LogP contribution >= 0.6 is 0 Å². The lowest BCUT2D eigenvalue weighted by Gasteiger charge is -2.08. The topological polar surface area (TPSA) is 66.0 Å². The lowest BCUT2D eigenvalue weighted by atomic mass is 10.2. The van der Waals surface area contributed by atoms with Gasteiger partial charge >= 0.3 is 0 Å². The molecule has 2 rings (SSSR count). The Hall–Kier alpha value is -1.88. The Morgan fingerprint density at radius 1 is 1.20 bits per heavy atom. The van der Waals surface area contributed by atoms with E-state index in [-0.39, 0.29) is 0 Å². The number of benzene rings is 1. The van der Waals surface area contributed by atoms with E-state index < -0.39 is 0 Å². The van der Waals surface area contributed by atoms with E-state index in [1.165, 1.54) is 0 Å². The predicted molar refractivity (Wildman–Crippen MR) is 79.0 cm³/mol. The standard InChI is InChI=1S/C15H22N4O/c1-3-5-10-20-13-8-6-12(7-9-13)19-15(4-2)14(11-16)17-18-19/h6-9H,3-5,10-11,16H2,1-2H3. The molecule has 20 heavy (non-hydrogen) atoms. The molecule has 0 amide bonds.